The molecule has 0 amide bonds. The highest BCUT2D eigenvalue weighted by molar-refractivity contribution is 5.27. The van der Waals surface area contributed by atoms with Gasteiger partial charge < -0.3 is 15.4 Å². The van der Waals surface area contributed by atoms with Crippen molar-refractivity contribution in [1.29, 1.82) is 0 Å². The lowest BCUT2D eigenvalue weighted by molar-refractivity contribution is 0.251. The summed E-state index contributed by atoms with van der Waals surface area (Å²) in [5.41, 5.74) is 6.95. The quantitative estimate of drug-likeness (QED) is 0.856. The molecule has 1 aromatic carbocycles. The van der Waals surface area contributed by atoms with Crippen molar-refractivity contribution in [3.8, 4) is 5.75 Å². The molecule has 0 radical (unpaired) electrons. The Morgan fingerprint density at radius 3 is 2.45 bits per heavy atom. The van der Waals surface area contributed by atoms with Crippen molar-refractivity contribution < 1.29 is 4.74 Å². The summed E-state index contributed by atoms with van der Waals surface area (Å²) < 4.78 is 5.20. The van der Waals surface area contributed by atoms with Crippen LogP contribution in [0.25, 0.3) is 0 Å². The largest absolute Gasteiger partial charge is 0.497 e. The fourth-order valence-electron chi connectivity index (χ4n) is 2.71. The van der Waals surface area contributed by atoms with Crippen LogP contribution in [0.3, 0.4) is 0 Å². The SMILES string of the molecule is COc1ccc(CN2CCCN(CCCN)CC2)cc1. The van der Waals surface area contributed by atoms with Crippen LogP contribution in [0.5, 0.6) is 5.75 Å². The number of methoxy groups -OCH3 is 1. The fourth-order valence-corrected chi connectivity index (χ4v) is 2.71. The maximum absolute atomic E-state index is 5.59. The van der Waals surface area contributed by atoms with Gasteiger partial charge in [-0.25, -0.2) is 0 Å². The van der Waals surface area contributed by atoms with Crippen LogP contribution in [-0.4, -0.2) is 56.2 Å². The van der Waals surface area contributed by atoms with E-state index in [1.165, 1.54) is 25.1 Å². The molecule has 20 heavy (non-hydrogen) atoms. The van der Waals surface area contributed by atoms with Gasteiger partial charge in [-0.1, -0.05) is 12.1 Å². The first kappa shape index (κ1) is 15.3. The zero-order valence-corrected chi connectivity index (χ0v) is 12.6. The molecule has 2 rings (SSSR count). The van der Waals surface area contributed by atoms with Crippen molar-refractivity contribution in [2.24, 2.45) is 5.73 Å². The van der Waals surface area contributed by atoms with Gasteiger partial charge in [-0.3, -0.25) is 4.90 Å². The highest BCUT2D eigenvalue weighted by Gasteiger charge is 2.14. The molecule has 0 saturated carbocycles. The van der Waals surface area contributed by atoms with Crippen molar-refractivity contribution in [3.05, 3.63) is 29.8 Å². The maximum Gasteiger partial charge on any atom is 0.118 e. The molecular weight excluding hydrogens is 250 g/mol. The number of rotatable bonds is 6. The predicted molar refractivity (Wildman–Crippen MR) is 83.0 cm³/mol. The third-order valence-corrected chi connectivity index (χ3v) is 3.92. The summed E-state index contributed by atoms with van der Waals surface area (Å²) in [6.07, 6.45) is 2.36. The Bertz CT molecular complexity index is 380. The monoisotopic (exact) mass is 277 g/mol. The molecule has 1 aliphatic heterocycles. The summed E-state index contributed by atoms with van der Waals surface area (Å²) in [6.45, 7) is 7.69. The molecule has 0 aromatic heterocycles. The second-order valence-electron chi connectivity index (χ2n) is 5.46. The van der Waals surface area contributed by atoms with Gasteiger partial charge in [0.05, 0.1) is 7.11 Å². The van der Waals surface area contributed by atoms with Crippen LogP contribution < -0.4 is 10.5 Å². The lowest BCUT2D eigenvalue weighted by Gasteiger charge is -2.21. The topological polar surface area (TPSA) is 41.7 Å². The first-order valence-electron chi connectivity index (χ1n) is 7.59. The number of benzene rings is 1. The summed E-state index contributed by atoms with van der Waals surface area (Å²) in [7, 11) is 1.71. The summed E-state index contributed by atoms with van der Waals surface area (Å²) in [5, 5.41) is 0. The molecule has 2 N–H and O–H groups in total. The van der Waals surface area contributed by atoms with E-state index in [2.05, 4.69) is 21.9 Å². The Balaban J connectivity index is 1.81. The molecule has 1 aromatic rings. The summed E-state index contributed by atoms with van der Waals surface area (Å²) in [4.78, 5) is 5.09. The number of hydrogen-bond acceptors (Lipinski definition) is 4. The van der Waals surface area contributed by atoms with Gasteiger partial charge in [0.1, 0.15) is 5.75 Å². The molecule has 112 valence electrons. The Hall–Kier alpha value is -1.10. The van der Waals surface area contributed by atoms with Crippen LogP contribution in [0.4, 0.5) is 0 Å². The van der Waals surface area contributed by atoms with Gasteiger partial charge in [-0.2, -0.15) is 0 Å². The molecule has 0 spiro atoms. The molecule has 1 aliphatic rings. The molecule has 0 unspecified atom stereocenters. The number of nitrogens with two attached hydrogens (primary N) is 1. The smallest absolute Gasteiger partial charge is 0.118 e. The second kappa shape index (κ2) is 8.25. The minimum Gasteiger partial charge on any atom is -0.497 e. The zero-order chi connectivity index (χ0) is 14.2. The number of ether oxygens (including phenoxy) is 1. The van der Waals surface area contributed by atoms with Crippen molar-refractivity contribution in [2.75, 3.05) is 46.4 Å². The van der Waals surface area contributed by atoms with E-state index < -0.39 is 0 Å². The highest BCUT2D eigenvalue weighted by Crippen LogP contribution is 2.14. The van der Waals surface area contributed by atoms with Gasteiger partial charge in [0.25, 0.3) is 0 Å². The molecule has 0 atom stereocenters. The first-order valence-corrected chi connectivity index (χ1v) is 7.59. The average Bonchev–Trinajstić information content (AvgIpc) is 2.71. The Morgan fingerprint density at radius 2 is 1.75 bits per heavy atom. The molecular formula is C16H27N3O. The van der Waals surface area contributed by atoms with Crippen LogP contribution in [0, 0.1) is 0 Å². The molecule has 1 fully saturated rings. The van der Waals surface area contributed by atoms with E-state index >= 15 is 0 Å². The van der Waals surface area contributed by atoms with Crippen LogP contribution >= 0.6 is 0 Å². The lowest BCUT2D eigenvalue weighted by Crippen LogP contribution is -2.31. The molecule has 4 heteroatoms. The van der Waals surface area contributed by atoms with Gasteiger partial charge >= 0.3 is 0 Å². The third-order valence-electron chi connectivity index (χ3n) is 3.92. The molecule has 1 heterocycles. The van der Waals surface area contributed by atoms with E-state index in [4.69, 9.17) is 10.5 Å². The van der Waals surface area contributed by atoms with E-state index in [0.29, 0.717) is 0 Å². The summed E-state index contributed by atoms with van der Waals surface area (Å²) in [6, 6.07) is 8.41. The van der Waals surface area contributed by atoms with E-state index in [0.717, 1.165) is 44.9 Å². The minimum atomic E-state index is 0.798. The van der Waals surface area contributed by atoms with Crippen molar-refractivity contribution >= 4 is 0 Å². The third kappa shape index (κ3) is 4.78. The van der Waals surface area contributed by atoms with Crippen molar-refractivity contribution in [2.45, 2.75) is 19.4 Å². The van der Waals surface area contributed by atoms with E-state index in [9.17, 15) is 0 Å². The molecule has 4 nitrogen and oxygen atoms in total. The van der Waals surface area contributed by atoms with Gasteiger partial charge in [0.2, 0.25) is 0 Å². The van der Waals surface area contributed by atoms with Crippen LogP contribution in [0.15, 0.2) is 24.3 Å². The number of nitrogens with zero attached hydrogens (tertiary/aromatic N) is 2. The first-order chi connectivity index (χ1) is 9.81. The Labute approximate surface area is 122 Å². The van der Waals surface area contributed by atoms with E-state index in [1.54, 1.807) is 7.11 Å². The zero-order valence-electron chi connectivity index (χ0n) is 12.6. The molecule has 1 saturated heterocycles. The van der Waals surface area contributed by atoms with Gasteiger partial charge in [0, 0.05) is 19.6 Å². The van der Waals surface area contributed by atoms with Gasteiger partial charge in [-0.05, 0) is 56.7 Å². The maximum atomic E-state index is 5.59. The van der Waals surface area contributed by atoms with Crippen LogP contribution in [0.2, 0.25) is 0 Å². The van der Waals surface area contributed by atoms with Crippen LogP contribution in [-0.2, 0) is 6.54 Å². The normalized spacial score (nSPS) is 17.9. The average molecular weight is 277 g/mol. The van der Waals surface area contributed by atoms with E-state index in [-0.39, 0.29) is 0 Å². The highest BCUT2D eigenvalue weighted by atomic mass is 16.5. The second-order valence-corrected chi connectivity index (χ2v) is 5.46. The standard InChI is InChI=1S/C16H27N3O/c1-20-16-6-4-15(5-7-16)14-19-11-3-10-18(12-13-19)9-2-8-17/h4-7H,2-3,8-14,17H2,1H3. The van der Waals surface area contributed by atoms with Crippen molar-refractivity contribution in [3.63, 3.8) is 0 Å². The Morgan fingerprint density at radius 1 is 1.05 bits per heavy atom. The predicted octanol–water partition coefficient (Wildman–Crippen LogP) is 1.55. The molecule has 0 bridgehead atoms. The van der Waals surface area contributed by atoms with Crippen LogP contribution in [0.1, 0.15) is 18.4 Å². The number of hydrogen-bond donors (Lipinski definition) is 1. The van der Waals surface area contributed by atoms with E-state index in [1.807, 2.05) is 12.1 Å². The lowest BCUT2D eigenvalue weighted by atomic mass is 10.2. The molecule has 0 aliphatic carbocycles. The Kier molecular flexibility index (Phi) is 6.30. The summed E-state index contributed by atoms with van der Waals surface area (Å²) in [5.74, 6) is 0.928. The van der Waals surface area contributed by atoms with Gasteiger partial charge in [0.15, 0.2) is 0 Å². The van der Waals surface area contributed by atoms with Crippen molar-refractivity contribution in [1.82, 2.24) is 9.80 Å². The van der Waals surface area contributed by atoms with Gasteiger partial charge in [-0.15, -0.1) is 0 Å². The summed E-state index contributed by atoms with van der Waals surface area (Å²) >= 11 is 0. The fraction of sp³-hybridized carbons (Fsp3) is 0.625. The minimum absolute atomic E-state index is 0.798.